The van der Waals surface area contributed by atoms with Crippen molar-refractivity contribution >= 4 is 50.7 Å². The lowest BCUT2D eigenvalue weighted by Gasteiger charge is -2.26. The second-order valence-corrected chi connectivity index (χ2v) is 13.8. The van der Waals surface area contributed by atoms with Crippen molar-refractivity contribution in [3.8, 4) is 33.8 Å². The zero-order valence-corrected chi connectivity index (χ0v) is 31.9. The standard InChI is InChI=1S/C45H35BrN6O3/c1-50(43(53)33-17-20-40(47-27-33)30-11-6-4-7-12-30)37-24-38(51(2)44(54)34-18-21-41(48-28-34)31-13-8-5-9-14-31)26-39(25-37)52(3)45(55)35-19-22-42(49-29-35)32-15-10-16-36(46)23-32/h4-29H,1-3H3. The number of hydrogen-bond donors (Lipinski definition) is 0. The average Bonchev–Trinajstić information content (AvgIpc) is 3.25. The monoisotopic (exact) mass is 786 g/mol. The van der Waals surface area contributed by atoms with Crippen LogP contribution in [0.25, 0.3) is 33.8 Å². The van der Waals surface area contributed by atoms with Crippen molar-refractivity contribution in [2.75, 3.05) is 35.8 Å². The van der Waals surface area contributed by atoms with Gasteiger partial charge in [0.05, 0.1) is 33.8 Å². The molecule has 0 saturated carbocycles. The van der Waals surface area contributed by atoms with Crippen molar-refractivity contribution in [2.24, 2.45) is 0 Å². The zero-order valence-electron chi connectivity index (χ0n) is 30.3. The van der Waals surface area contributed by atoms with E-state index in [1.165, 1.54) is 14.7 Å². The molecule has 0 N–H and O–H groups in total. The quantitative estimate of drug-likeness (QED) is 0.145. The molecule has 0 spiro atoms. The summed E-state index contributed by atoms with van der Waals surface area (Å²) in [6.07, 6.45) is 4.64. The van der Waals surface area contributed by atoms with Crippen LogP contribution in [-0.4, -0.2) is 53.8 Å². The molecule has 0 aliphatic heterocycles. The van der Waals surface area contributed by atoms with Gasteiger partial charge in [-0.25, -0.2) is 0 Å². The molecule has 0 saturated heterocycles. The summed E-state index contributed by atoms with van der Waals surface area (Å²) in [5.41, 5.74) is 7.52. The van der Waals surface area contributed by atoms with Gasteiger partial charge in [0.2, 0.25) is 0 Å². The predicted molar refractivity (Wildman–Crippen MR) is 221 cm³/mol. The zero-order chi connectivity index (χ0) is 38.5. The van der Waals surface area contributed by atoms with E-state index >= 15 is 0 Å². The van der Waals surface area contributed by atoms with E-state index in [1.807, 2.05) is 97.1 Å². The summed E-state index contributed by atoms with van der Waals surface area (Å²) in [5, 5.41) is 0. The Morgan fingerprint density at radius 3 is 1.09 bits per heavy atom. The van der Waals surface area contributed by atoms with Crippen LogP contribution in [0.2, 0.25) is 0 Å². The van der Waals surface area contributed by atoms with Crippen LogP contribution in [0.5, 0.6) is 0 Å². The summed E-state index contributed by atoms with van der Waals surface area (Å²) in [7, 11) is 4.95. The molecule has 0 atom stereocenters. The van der Waals surface area contributed by atoms with Gasteiger partial charge in [-0.15, -0.1) is 0 Å². The highest BCUT2D eigenvalue weighted by atomic mass is 79.9. The van der Waals surface area contributed by atoms with Gasteiger partial charge in [0.1, 0.15) is 0 Å². The smallest absolute Gasteiger partial charge is 0.259 e. The number of aromatic nitrogens is 3. The Hall–Kier alpha value is -6.78. The SMILES string of the molecule is CN(C(=O)c1ccc(-c2ccccc2)nc1)c1cc(N(C)C(=O)c2ccc(-c3ccccc3)nc2)cc(N(C)C(=O)c2ccc(-c3cccc(Br)c3)nc2)c1. The summed E-state index contributed by atoms with van der Waals surface area (Å²) in [5.74, 6) is -0.946. The van der Waals surface area contributed by atoms with Gasteiger partial charge in [0.25, 0.3) is 17.7 Å². The minimum Gasteiger partial charge on any atom is -0.311 e. The van der Waals surface area contributed by atoms with Crippen LogP contribution in [0, 0.1) is 0 Å². The molecule has 0 aliphatic carbocycles. The van der Waals surface area contributed by atoms with Crippen LogP contribution in [0.1, 0.15) is 31.1 Å². The Bertz CT molecular complexity index is 2360. The average molecular weight is 788 g/mol. The lowest BCUT2D eigenvalue weighted by Crippen LogP contribution is -2.31. The summed E-state index contributed by atoms with van der Waals surface area (Å²) in [6, 6.07) is 43.1. The molecule has 0 radical (unpaired) electrons. The normalized spacial score (nSPS) is 10.8. The first-order valence-corrected chi connectivity index (χ1v) is 18.2. The highest BCUT2D eigenvalue weighted by Gasteiger charge is 2.23. The topological polar surface area (TPSA) is 99.6 Å². The first-order valence-electron chi connectivity index (χ1n) is 17.4. The number of carbonyl (C=O) groups is 3. The predicted octanol–water partition coefficient (Wildman–Crippen LogP) is 9.46. The molecule has 3 aromatic heterocycles. The van der Waals surface area contributed by atoms with Crippen LogP contribution in [0.3, 0.4) is 0 Å². The first-order chi connectivity index (χ1) is 26.7. The fourth-order valence-electron chi connectivity index (χ4n) is 6.03. The highest BCUT2D eigenvalue weighted by molar-refractivity contribution is 9.10. The highest BCUT2D eigenvalue weighted by Crippen LogP contribution is 2.32. The van der Waals surface area contributed by atoms with Gasteiger partial charge in [-0.3, -0.25) is 29.3 Å². The molecule has 0 aliphatic rings. The second-order valence-electron chi connectivity index (χ2n) is 12.8. The number of halogens is 1. The van der Waals surface area contributed by atoms with E-state index in [4.69, 9.17) is 0 Å². The molecule has 270 valence electrons. The summed E-state index contributed by atoms with van der Waals surface area (Å²) in [6.45, 7) is 0. The van der Waals surface area contributed by atoms with E-state index in [9.17, 15) is 14.4 Å². The lowest BCUT2D eigenvalue weighted by atomic mass is 10.1. The van der Waals surface area contributed by atoms with Crippen molar-refractivity contribution in [1.82, 2.24) is 15.0 Å². The fourth-order valence-corrected chi connectivity index (χ4v) is 6.43. The molecule has 9 nitrogen and oxygen atoms in total. The van der Waals surface area contributed by atoms with Crippen LogP contribution in [0.4, 0.5) is 17.1 Å². The largest absolute Gasteiger partial charge is 0.311 e. The molecule has 3 amide bonds. The van der Waals surface area contributed by atoms with E-state index in [0.29, 0.717) is 33.8 Å². The molecule has 3 heterocycles. The number of amides is 3. The molecule has 7 aromatic rings. The van der Waals surface area contributed by atoms with Gasteiger partial charge in [-0.1, -0.05) is 88.7 Å². The molecule has 0 fully saturated rings. The van der Waals surface area contributed by atoms with E-state index in [1.54, 1.807) is 82.2 Å². The molecule has 0 bridgehead atoms. The number of carbonyl (C=O) groups excluding carboxylic acids is 3. The maximum absolute atomic E-state index is 13.9. The minimum atomic E-state index is -0.319. The third kappa shape index (κ3) is 8.09. The number of rotatable bonds is 9. The Labute approximate surface area is 327 Å². The fraction of sp³-hybridized carbons (Fsp3) is 0.0667. The van der Waals surface area contributed by atoms with E-state index in [-0.39, 0.29) is 17.7 Å². The number of nitrogens with zero attached hydrogens (tertiary/aromatic N) is 6. The van der Waals surface area contributed by atoms with Crippen molar-refractivity contribution in [3.05, 3.63) is 179 Å². The summed E-state index contributed by atoms with van der Waals surface area (Å²) < 4.78 is 0.926. The van der Waals surface area contributed by atoms with Gasteiger partial charge >= 0.3 is 0 Å². The molecule has 4 aromatic carbocycles. The van der Waals surface area contributed by atoms with Gasteiger partial charge < -0.3 is 14.7 Å². The van der Waals surface area contributed by atoms with Crippen molar-refractivity contribution in [2.45, 2.75) is 0 Å². The van der Waals surface area contributed by atoms with Crippen LogP contribution >= 0.6 is 15.9 Å². The molecule has 10 heteroatoms. The summed E-state index contributed by atoms with van der Waals surface area (Å²) >= 11 is 3.50. The molecular formula is C45H35BrN6O3. The molecular weight excluding hydrogens is 752 g/mol. The number of anilines is 3. The Balaban J connectivity index is 1.20. The van der Waals surface area contributed by atoms with E-state index in [0.717, 1.165) is 38.2 Å². The summed E-state index contributed by atoms with van der Waals surface area (Å²) in [4.78, 5) is 59.8. The molecule has 7 rings (SSSR count). The van der Waals surface area contributed by atoms with E-state index in [2.05, 4.69) is 30.9 Å². The number of pyridine rings is 3. The maximum Gasteiger partial charge on any atom is 0.259 e. The Kier molecular flexibility index (Phi) is 10.7. The Morgan fingerprint density at radius 1 is 0.418 bits per heavy atom. The number of benzene rings is 4. The van der Waals surface area contributed by atoms with Crippen molar-refractivity contribution in [3.63, 3.8) is 0 Å². The van der Waals surface area contributed by atoms with Gasteiger partial charge in [0.15, 0.2) is 0 Å². The van der Waals surface area contributed by atoms with Crippen molar-refractivity contribution in [1.29, 1.82) is 0 Å². The van der Waals surface area contributed by atoms with Crippen molar-refractivity contribution < 1.29 is 14.4 Å². The van der Waals surface area contributed by atoms with E-state index < -0.39 is 0 Å². The number of hydrogen-bond acceptors (Lipinski definition) is 6. The van der Waals surface area contributed by atoms with Gasteiger partial charge in [-0.2, -0.15) is 0 Å². The molecule has 55 heavy (non-hydrogen) atoms. The van der Waals surface area contributed by atoms with Crippen LogP contribution in [-0.2, 0) is 0 Å². The maximum atomic E-state index is 13.9. The first kappa shape index (κ1) is 36.6. The van der Waals surface area contributed by atoms with Crippen LogP contribution < -0.4 is 14.7 Å². The van der Waals surface area contributed by atoms with Gasteiger partial charge in [-0.05, 0) is 66.7 Å². The lowest BCUT2D eigenvalue weighted by molar-refractivity contribution is 0.0986. The van der Waals surface area contributed by atoms with Crippen LogP contribution in [0.15, 0.2) is 163 Å². The second kappa shape index (κ2) is 16.1. The van der Waals surface area contributed by atoms with Gasteiger partial charge in [0, 0.05) is 78.0 Å². The Morgan fingerprint density at radius 2 is 0.764 bits per heavy atom. The third-order valence-electron chi connectivity index (χ3n) is 9.25. The third-order valence-corrected chi connectivity index (χ3v) is 9.75. The minimum absolute atomic E-state index is 0.314. The molecule has 0 unspecified atom stereocenters.